The van der Waals surface area contributed by atoms with Crippen molar-refractivity contribution in [2.24, 2.45) is 0 Å². The maximum absolute atomic E-state index is 12.2. The van der Waals surface area contributed by atoms with E-state index in [0.717, 1.165) is 11.1 Å². The molecule has 1 N–H and O–H groups in total. The van der Waals surface area contributed by atoms with E-state index in [2.05, 4.69) is 31.2 Å². The number of anilines is 1. The van der Waals surface area contributed by atoms with Crippen LogP contribution in [0.4, 0.5) is 5.95 Å². The summed E-state index contributed by atoms with van der Waals surface area (Å²) < 4.78 is 2.21. The summed E-state index contributed by atoms with van der Waals surface area (Å²) in [5, 5.41) is 3.79. The second-order valence-corrected chi connectivity index (χ2v) is 5.24. The molecular weight excluding hydrogens is 296 g/mol. The number of nitrogens with one attached hydrogen (secondary N) is 1. The third kappa shape index (κ3) is 2.01. The van der Waals surface area contributed by atoms with E-state index in [1.165, 1.54) is 0 Å². The maximum atomic E-state index is 12.2. The van der Waals surface area contributed by atoms with Crippen LogP contribution in [0.15, 0.2) is 15.3 Å². The van der Waals surface area contributed by atoms with Gasteiger partial charge in [-0.05, 0) is 42.8 Å². The average molecular weight is 311 g/mol. The Morgan fingerprint density at radius 3 is 2.61 bits per heavy atom. The molecule has 0 aromatic carbocycles. The minimum atomic E-state index is -0.0716. The fraction of sp³-hybridized carbons (Fsp3) is 0.417. The number of hydrogen-bond donors (Lipinski definition) is 1. The number of rotatable bonds is 2. The van der Waals surface area contributed by atoms with Gasteiger partial charge in [0.2, 0.25) is 5.95 Å². The Morgan fingerprint density at radius 1 is 1.39 bits per heavy atom. The minimum absolute atomic E-state index is 0.0384. The first-order valence-corrected chi connectivity index (χ1v) is 6.52. The summed E-state index contributed by atoms with van der Waals surface area (Å²) in [4.78, 5) is 20.9. The topological polar surface area (TPSA) is 59.8 Å². The summed E-state index contributed by atoms with van der Waals surface area (Å²) in [6.07, 6.45) is 0. The molecule has 0 saturated carbocycles. The van der Waals surface area contributed by atoms with Gasteiger partial charge in [0.1, 0.15) is 5.65 Å². The fourth-order valence-electron chi connectivity index (χ4n) is 1.91. The molecule has 0 spiro atoms. The number of nitrogens with zero attached hydrogens (tertiary/aromatic N) is 3. The largest absolute Gasteiger partial charge is 0.357 e. The molecule has 0 saturated heterocycles. The monoisotopic (exact) mass is 310 g/mol. The molecule has 0 aliphatic rings. The molecule has 0 fully saturated rings. The zero-order valence-corrected chi connectivity index (χ0v) is 12.4. The van der Waals surface area contributed by atoms with Gasteiger partial charge in [-0.1, -0.05) is 0 Å². The lowest BCUT2D eigenvalue weighted by Crippen LogP contribution is -2.24. The van der Waals surface area contributed by atoms with Crippen molar-refractivity contribution in [3.63, 3.8) is 0 Å². The first kappa shape index (κ1) is 13.0. The van der Waals surface area contributed by atoms with Crippen LogP contribution >= 0.6 is 15.9 Å². The summed E-state index contributed by atoms with van der Waals surface area (Å²) in [5.74, 6) is 0.524. The van der Waals surface area contributed by atoms with Crippen LogP contribution in [0.1, 0.15) is 25.6 Å². The Balaban J connectivity index is 2.98. The van der Waals surface area contributed by atoms with E-state index in [0.29, 0.717) is 16.1 Å². The van der Waals surface area contributed by atoms with Gasteiger partial charge in [-0.25, -0.2) is 4.98 Å². The van der Waals surface area contributed by atoms with Gasteiger partial charge in [0, 0.05) is 18.5 Å². The first-order valence-electron chi connectivity index (χ1n) is 5.72. The lowest BCUT2D eigenvalue weighted by atomic mass is 10.2. The molecule has 0 unspecified atom stereocenters. The summed E-state index contributed by atoms with van der Waals surface area (Å²) in [6, 6.07) is 1.82. The molecule has 2 rings (SSSR count). The van der Waals surface area contributed by atoms with Crippen LogP contribution in [0.5, 0.6) is 0 Å². The number of pyridine rings is 1. The molecule has 2 aromatic rings. The van der Waals surface area contributed by atoms with E-state index < -0.39 is 0 Å². The molecule has 0 radical (unpaired) electrons. The van der Waals surface area contributed by atoms with Crippen LogP contribution in [0.2, 0.25) is 0 Å². The van der Waals surface area contributed by atoms with Crippen LogP contribution in [0, 0.1) is 6.92 Å². The third-order valence-electron chi connectivity index (χ3n) is 2.78. The highest BCUT2D eigenvalue weighted by atomic mass is 79.9. The SMILES string of the molecule is CNc1nc(C)c2cc(Br)c(=O)n(C(C)C)c2n1. The molecule has 2 heterocycles. The van der Waals surface area contributed by atoms with Crippen LogP contribution in [0.3, 0.4) is 0 Å². The Morgan fingerprint density at radius 2 is 2.06 bits per heavy atom. The van der Waals surface area contributed by atoms with E-state index in [1.807, 2.05) is 20.8 Å². The van der Waals surface area contributed by atoms with E-state index in [9.17, 15) is 4.79 Å². The molecule has 0 aliphatic carbocycles. The normalized spacial score (nSPS) is 11.2. The zero-order chi connectivity index (χ0) is 13.4. The first-order chi connectivity index (χ1) is 8.45. The summed E-state index contributed by atoms with van der Waals surface area (Å²) in [7, 11) is 1.76. The second-order valence-electron chi connectivity index (χ2n) is 4.38. The van der Waals surface area contributed by atoms with Gasteiger partial charge in [0.15, 0.2) is 0 Å². The molecule has 0 bridgehead atoms. The van der Waals surface area contributed by atoms with Gasteiger partial charge >= 0.3 is 0 Å². The van der Waals surface area contributed by atoms with Crippen molar-refractivity contribution >= 4 is 32.9 Å². The van der Waals surface area contributed by atoms with Gasteiger partial charge in [-0.3, -0.25) is 9.36 Å². The van der Waals surface area contributed by atoms with Gasteiger partial charge in [-0.15, -0.1) is 0 Å². The average Bonchev–Trinajstić information content (AvgIpc) is 2.31. The Kier molecular flexibility index (Phi) is 3.38. The number of hydrogen-bond acceptors (Lipinski definition) is 4. The number of aryl methyl sites for hydroxylation is 1. The van der Waals surface area contributed by atoms with Crippen molar-refractivity contribution < 1.29 is 0 Å². The second kappa shape index (κ2) is 4.68. The van der Waals surface area contributed by atoms with Gasteiger partial charge < -0.3 is 5.32 Å². The number of fused-ring (bicyclic) bond motifs is 1. The highest BCUT2D eigenvalue weighted by Gasteiger charge is 2.14. The molecular formula is C12H15BrN4O. The summed E-state index contributed by atoms with van der Waals surface area (Å²) in [6.45, 7) is 5.83. The van der Waals surface area contributed by atoms with Gasteiger partial charge in [0.25, 0.3) is 5.56 Å². The van der Waals surface area contributed by atoms with Crippen LogP contribution in [0.25, 0.3) is 11.0 Å². The highest BCUT2D eigenvalue weighted by molar-refractivity contribution is 9.10. The Bertz CT molecular complexity index is 663. The molecule has 0 amide bonds. The zero-order valence-electron chi connectivity index (χ0n) is 10.8. The number of halogens is 1. The van der Waals surface area contributed by atoms with Crippen molar-refractivity contribution in [3.05, 3.63) is 26.6 Å². The van der Waals surface area contributed by atoms with Crippen molar-refractivity contribution in [1.82, 2.24) is 14.5 Å². The van der Waals surface area contributed by atoms with E-state index in [-0.39, 0.29) is 11.6 Å². The van der Waals surface area contributed by atoms with E-state index in [1.54, 1.807) is 17.7 Å². The Labute approximate surface area is 113 Å². The number of aromatic nitrogens is 3. The molecule has 2 aromatic heterocycles. The third-order valence-corrected chi connectivity index (χ3v) is 3.35. The lowest BCUT2D eigenvalue weighted by molar-refractivity contribution is 0.593. The molecule has 18 heavy (non-hydrogen) atoms. The van der Waals surface area contributed by atoms with Gasteiger partial charge in [0.05, 0.1) is 10.2 Å². The summed E-state index contributed by atoms with van der Waals surface area (Å²) >= 11 is 3.30. The Hall–Kier alpha value is -1.43. The lowest BCUT2D eigenvalue weighted by Gasteiger charge is -2.15. The van der Waals surface area contributed by atoms with Crippen LogP contribution in [-0.2, 0) is 0 Å². The van der Waals surface area contributed by atoms with Gasteiger partial charge in [-0.2, -0.15) is 4.98 Å². The predicted molar refractivity (Wildman–Crippen MR) is 76.2 cm³/mol. The highest BCUT2D eigenvalue weighted by Crippen LogP contribution is 2.21. The minimum Gasteiger partial charge on any atom is -0.357 e. The summed E-state index contributed by atoms with van der Waals surface area (Å²) in [5.41, 5.74) is 1.44. The predicted octanol–water partition coefficient (Wildman–Crippen LogP) is 2.49. The van der Waals surface area contributed by atoms with Crippen molar-refractivity contribution in [1.29, 1.82) is 0 Å². The standard InChI is InChI=1S/C12H15BrN4O/c1-6(2)17-10-8(5-9(13)11(17)18)7(3)15-12(14-4)16-10/h5-6H,1-4H3,(H,14,15,16). The van der Waals surface area contributed by atoms with Crippen molar-refractivity contribution in [2.75, 3.05) is 12.4 Å². The van der Waals surface area contributed by atoms with E-state index >= 15 is 0 Å². The smallest absolute Gasteiger partial charge is 0.266 e. The van der Waals surface area contributed by atoms with Crippen molar-refractivity contribution in [2.45, 2.75) is 26.8 Å². The molecule has 96 valence electrons. The quantitative estimate of drug-likeness (QED) is 0.925. The van der Waals surface area contributed by atoms with Crippen molar-refractivity contribution in [3.8, 4) is 0 Å². The maximum Gasteiger partial charge on any atom is 0.266 e. The molecule has 6 heteroatoms. The fourth-order valence-corrected chi connectivity index (χ4v) is 2.33. The van der Waals surface area contributed by atoms with Crippen LogP contribution in [-0.4, -0.2) is 21.6 Å². The molecule has 5 nitrogen and oxygen atoms in total. The molecule has 0 aliphatic heterocycles. The van der Waals surface area contributed by atoms with Crippen LogP contribution < -0.4 is 10.9 Å². The van der Waals surface area contributed by atoms with E-state index in [4.69, 9.17) is 0 Å². The molecule has 0 atom stereocenters.